The molecule has 0 saturated carbocycles. The summed E-state index contributed by atoms with van der Waals surface area (Å²) in [4.78, 5) is 1.01. The van der Waals surface area contributed by atoms with Crippen molar-refractivity contribution in [3.63, 3.8) is 0 Å². The van der Waals surface area contributed by atoms with Crippen molar-refractivity contribution in [2.75, 3.05) is 0 Å². The fourth-order valence-corrected chi connectivity index (χ4v) is 3.81. The second kappa shape index (κ2) is 11.1. The van der Waals surface area contributed by atoms with E-state index in [0.29, 0.717) is 27.5 Å². The molecule has 0 spiro atoms. The minimum absolute atomic E-state index is 0.0773. The van der Waals surface area contributed by atoms with E-state index in [1.54, 1.807) is 13.0 Å². The van der Waals surface area contributed by atoms with Crippen LogP contribution in [0.15, 0.2) is 59.6 Å². The van der Waals surface area contributed by atoms with Crippen molar-refractivity contribution in [2.45, 2.75) is 39.2 Å². The molecule has 0 aliphatic heterocycles. The van der Waals surface area contributed by atoms with Crippen molar-refractivity contribution in [1.82, 2.24) is 0 Å². The second-order valence-electron chi connectivity index (χ2n) is 6.81. The molecular formula is C23H21F5N2O2S. The fourth-order valence-electron chi connectivity index (χ4n) is 2.79. The number of allylic oxidation sites excluding steroid dienone is 1. The lowest BCUT2D eigenvalue weighted by molar-refractivity contribution is -0.137. The van der Waals surface area contributed by atoms with Gasteiger partial charge in [-0.25, -0.2) is 0 Å². The number of hydrogen-bond donors (Lipinski definition) is 1. The van der Waals surface area contributed by atoms with E-state index in [4.69, 9.17) is 15.7 Å². The van der Waals surface area contributed by atoms with Gasteiger partial charge in [0, 0.05) is 21.6 Å². The molecule has 4 nitrogen and oxygen atoms in total. The Labute approximate surface area is 192 Å². The van der Waals surface area contributed by atoms with E-state index in [-0.39, 0.29) is 17.1 Å². The zero-order chi connectivity index (χ0) is 24.8. The average molecular weight is 484 g/mol. The zero-order valence-corrected chi connectivity index (χ0v) is 18.6. The summed E-state index contributed by atoms with van der Waals surface area (Å²) in [5, 5.41) is 9.07. The number of alkyl halides is 5. The molecule has 176 valence electrons. The Hall–Kier alpha value is -3.19. The molecular weight excluding hydrogens is 463 g/mol. The SMILES string of the molecule is C=C(S/C(=C(/C)N)C(CC)Oc1ccc(C#N)c(OC(F)F)c1)c1ccc(C(F)(F)F)cc1. The van der Waals surface area contributed by atoms with E-state index < -0.39 is 24.5 Å². The highest BCUT2D eigenvalue weighted by Gasteiger charge is 2.30. The Balaban J connectivity index is 2.25. The monoisotopic (exact) mass is 484 g/mol. The minimum Gasteiger partial charge on any atom is -0.485 e. The van der Waals surface area contributed by atoms with Gasteiger partial charge in [-0.3, -0.25) is 0 Å². The molecule has 0 aliphatic rings. The molecule has 2 aromatic rings. The van der Waals surface area contributed by atoms with Crippen molar-refractivity contribution in [3.8, 4) is 17.6 Å². The zero-order valence-electron chi connectivity index (χ0n) is 17.7. The van der Waals surface area contributed by atoms with Crippen LogP contribution in [0, 0.1) is 11.3 Å². The van der Waals surface area contributed by atoms with Gasteiger partial charge in [-0.1, -0.05) is 37.4 Å². The summed E-state index contributed by atoms with van der Waals surface area (Å²) in [6, 6.07) is 10.3. The van der Waals surface area contributed by atoms with Gasteiger partial charge in [0.25, 0.3) is 0 Å². The van der Waals surface area contributed by atoms with Gasteiger partial charge in [-0.15, -0.1) is 0 Å². The number of ether oxygens (including phenoxy) is 2. The van der Waals surface area contributed by atoms with Crippen LogP contribution in [-0.2, 0) is 6.18 Å². The molecule has 1 unspecified atom stereocenters. The molecule has 0 fully saturated rings. The van der Waals surface area contributed by atoms with E-state index in [2.05, 4.69) is 11.3 Å². The van der Waals surface area contributed by atoms with E-state index >= 15 is 0 Å². The summed E-state index contributed by atoms with van der Waals surface area (Å²) in [5.41, 5.74) is 6.07. The van der Waals surface area contributed by atoms with Crippen molar-refractivity contribution in [1.29, 1.82) is 5.26 Å². The van der Waals surface area contributed by atoms with Crippen molar-refractivity contribution >= 4 is 16.7 Å². The molecule has 0 saturated heterocycles. The third kappa shape index (κ3) is 7.15. The number of nitrogens with zero attached hydrogens (tertiary/aromatic N) is 1. The highest BCUT2D eigenvalue weighted by Crippen LogP contribution is 2.39. The van der Waals surface area contributed by atoms with Crippen molar-refractivity contribution in [2.24, 2.45) is 5.73 Å². The van der Waals surface area contributed by atoms with Crippen LogP contribution in [0.5, 0.6) is 11.5 Å². The van der Waals surface area contributed by atoms with E-state index in [1.807, 2.05) is 6.92 Å². The predicted octanol–water partition coefficient (Wildman–Crippen LogP) is 6.93. The van der Waals surface area contributed by atoms with Gasteiger partial charge in [-0.2, -0.15) is 27.2 Å². The van der Waals surface area contributed by atoms with Gasteiger partial charge in [0.1, 0.15) is 23.7 Å². The first-order chi connectivity index (χ1) is 15.5. The molecule has 2 N–H and O–H groups in total. The number of halogens is 5. The largest absolute Gasteiger partial charge is 0.485 e. The van der Waals surface area contributed by atoms with Gasteiger partial charge in [-0.05, 0) is 43.2 Å². The van der Waals surface area contributed by atoms with Crippen LogP contribution in [0.3, 0.4) is 0 Å². The molecule has 1 atom stereocenters. The summed E-state index contributed by atoms with van der Waals surface area (Å²) in [5.74, 6) is -0.146. The number of thioether (sulfide) groups is 1. The maximum Gasteiger partial charge on any atom is 0.416 e. The lowest BCUT2D eigenvalue weighted by atomic mass is 10.1. The number of rotatable bonds is 9. The van der Waals surface area contributed by atoms with E-state index in [1.165, 1.54) is 30.3 Å². The summed E-state index contributed by atoms with van der Waals surface area (Å²) in [6.07, 6.45) is -4.62. The highest BCUT2D eigenvalue weighted by atomic mass is 32.2. The standard InChI is InChI=1S/C23H21F5N2O2S/c1-4-19(31-18-10-7-16(12-29)20(11-18)32-22(24)25)21(13(2)30)33-14(3)15-5-8-17(9-6-15)23(26,27)28/h5-11,19,22H,3-4,30H2,1-2H3/b21-13-. The van der Waals surface area contributed by atoms with E-state index in [0.717, 1.165) is 23.9 Å². The van der Waals surface area contributed by atoms with E-state index in [9.17, 15) is 22.0 Å². The number of nitriles is 1. The maximum atomic E-state index is 12.8. The van der Waals surface area contributed by atoms with Crippen molar-refractivity contribution < 1.29 is 31.4 Å². The third-order valence-corrected chi connectivity index (χ3v) is 5.67. The molecule has 0 heterocycles. The normalized spacial score (nSPS) is 13.2. The summed E-state index contributed by atoms with van der Waals surface area (Å²) < 4.78 is 74.0. The van der Waals surface area contributed by atoms with Gasteiger partial charge in [0.05, 0.1) is 11.1 Å². The Bertz CT molecular complexity index is 1060. The van der Waals surface area contributed by atoms with Crippen LogP contribution in [0.4, 0.5) is 22.0 Å². The van der Waals surface area contributed by atoms with Gasteiger partial charge >= 0.3 is 12.8 Å². The molecule has 0 aromatic heterocycles. The Morgan fingerprint density at radius 1 is 1.15 bits per heavy atom. The Morgan fingerprint density at radius 3 is 2.27 bits per heavy atom. The molecule has 10 heteroatoms. The molecule has 2 aromatic carbocycles. The van der Waals surface area contributed by atoms with Gasteiger partial charge in [0.2, 0.25) is 0 Å². The molecule has 0 radical (unpaired) electrons. The van der Waals surface area contributed by atoms with Crippen LogP contribution < -0.4 is 15.2 Å². The van der Waals surface area contributed by atoms with Crippen LogP contribution in [-0.4, -0.2) is 12.7 Å². The summed E-state index contributed by atoms with van der Waals surface area (Å²) >= 11 is 1.14. The maximum absolute atomic E-state index is 12.8. The average Bonchev–Trinajstić information content (AvgIpc) is 2.75. The summed E-state index contributed by atoms with van der Waals surface area (Å²) in [7, 11) is 0. The highest BCUT2D eigenvalue weighted by molar-refractivity contribution is 8.11. The fraction of sp³-hybridized carbons (Fsp3) is 0.261. The minimum atomic E-state index is -4.44. The predicted molar refractivity (Wildman–Crippen MR) is 117 cm³/mol. The number of benzene rings is 2. The molecule has 33 heavy (non-hydrogen) atoms. The lowest BCUT2D eigenvalue weighted by Crippen LogP contribution is -2.20. The molecule has 0 bridgehead atoms. The van der Waals surface area contributed by atoms with Gasteiger partial charge < -0.3 is 15.2 Å². The summed E-state index contributed by atoms with van der Waals surface area (Å²) in [6.45, 7) is 4.27. The van der Waals surface area contributed by atoms with Gasteiger partial charge in [0.15, 0.2) is 0 Å². The second-order valence-corrected chi connectivity index (χ2v) is 7.95. The third-order valence-electron chi connectivity index (χ3n) is 4.39. The first-order valence-electron chi connectivity index (χ1n) is 9.62. The van der Waals surface area contributed by atoms with Crippen LogP contribution in [0.1, 0.15) is 37.0 Å². The molecule has 0 amide bonds. The first kappa shape index (κ1) is 26.1. The molecule has 2 rings (SSSR count). The molecule has 0 aliphatic carbocycles. The quantitative estimate of drug-likeness (QED) is 0.391. The van der Waals surface area contributed by atoms with Crippen LogP contribution >= 0.6 is 11.8 Å². The number of hydrogen-bond acceptors (Lipinski definition) is 5. The first-order valence-corrected chi connectivity index (χ1v) is 10.4. The van der Waals surface area contributed by atoms with Crippen LogP contribution in [0.25, 0.3) is 4.91 Å². The smallest absolute Gasteiger partial charge is 0.416 e. The Kier molecular flexibility index (Phi) is 8.76. The Morgan fingerprint density at radius 2 is 1.79 bits per heavy atom. The topological polar surface area (TPSA) is 68.3 Å². The number of nitrogens with two attached hydrogens (primary N) is 1. The van der Waals surface area contributed by atoms with Crippen LogP contribution in [0.2, 0.25) is 0 Å². The lowest BCUT2D eigenvalue weighted by Gasteiger charge is -2.23. The van der Waals surface area contributed by atoms with Crippen molar-refractivity contribution in [3.05, 3.63) is 76.3 Å².